The maximum Gasteiger partial charge on any atom is 0.0302 e. The van der Waals surface area contributed by atoms with E-state index >= 15 is 0 Å². The van der Waals surface area contributed by atoms with Crippen molar-refractivity contribution in [2.75, 3.05) is 18.8 Å². The van der Waals surface area contributed by atoms with Crippen molar-refractivity contribution >= 4 is 23.1 Å². The molecule has 0 bridgehead atoms. The van der Waals surface area contributed by atoms with Crippen LogP contribution in [0.5, 0.6) is 0 Å². The molecule has 0 aromatic carbocycles. The van der Waals surface area contributed by atoms with Crippen LogP contribution in [0, 0.1) is 6.92 Å². The Kier molecular flexibility index (Phi) is 4.99. The molecule has 2 nitrogen and oxygen atoms in total. The van der Waals surface area contributed by atoms with Crippen LogP contribution in [0.1, 0.15) is 48.4 Å². The summed E-state index contributed by atoms with van der Waals surface area (Å²) in [7, 11) is 0. The molecule has 1 aliphatic heterocycles. The van der Waals surface area contributed by atoms with Crippen LogP contribution in [0.3, 0.4) is 0 Å². The molecular formula is C17H28N2S2. The first-order chi connectivity index (χ1) is 10.0. The number of rotatable bonds is 5. The summed E-state index contributed by atoms with van der Waals surface area (Å²) in [4.78, 5) is 5.67. The number of nitrogens with one attached hydrogen (secondary N) is 1. The Morgan fingerprint density at radius 1 is 1.33 bits per heavy atom. The third-order valence-electron chi connectivity index (χ3n) is 4.54. The van der Waals surface area contributed by atoms with E-state index in [9.17, 15) is 0 Å². The molecule has 21 heavy (non-hydrogen) atoms. The molecule has 0 spiro atoms. The number of hydrogen-bond donors (Lipinski definition) is 1. The van der Waals surface area contributed by atoms with Gasteiger partial charge in [-0.3, -0.25) is 4.90 Å². The summed E-state index contributed by atoms with van der Waals surface area (Å²) in [6.07, 6.45) is 4.05. The van der Waals surface area contributed by atoms with Gasteiger partial charge in [0.1, 0.15) is 0 Å². The molecule has 0 atom stereocenters. The number of aryl methyl sites for hydroxylation is 1. The minimum Gasteiger partial charge on any atom is -0.309 e. The van der Waals surface area contributed by atoms with Crippen LogP contribution in [-0.4, -0.2) is 34.5 Å². The zero-order valence-electron chi connectivity index (χ0n) is 13.6. The van der Waals surface area contributed by atoms with Gasteiger partial charge < -0.3 is 5.32 Å². The monoisotopic (exact) mass is 324 g/mol. The highest BCUT2D eigenvalue weighted by Crippen LogP contribution is 2.32. The molecule has 1 saturated carbocycles. The smallest absolute Gasteiger partial charge is 0.0302 e. The summed E-state index contributed by atoms with van der Waals surface area (Å²) in [5, 5.41) is 3.63. The van der Waals surface area contributed by atoms with Gasteiger partial charge >= 0.3 is 0 Å². The molecule has 118 valence electrons. The van der Waals surface area contributed by atoms with Gasteiger partial charge in [-0.2, -0.15) is 11.8 Å². The third kappa shape index (κ3) is 4.72. The number of nitrogens with zero attached hydrogens (tertiary/aromatic N) is 1. The summed E-state index contributed by atoms with van der Waals surface area (Å²) in [5.41, 5.74) is 1.55. The fourth-order valence-corrected chi connectivity index (χ4v) is 4.97. The molecule has 2 heterocycles. The lowest BCUT2D eigenvalue weighted by Crippen LogP contribution is -2.26. The molecule has 1 aliphatic carbocycles. The lowest BCUT2D eigenvalue weighted by atomic mass is 10.1. The quantitative estimate of drug-likeness (QED) is 0.880. The summed E-state index contributed by atoms with van der Waals surface area (Å²) in [6.45, 7) is 11.7. The van der Waals surface area contributed by atoms with Crippen molar-refractivity contribution in [2.24, 2.45) is 0 Å². The molecule has 1 aromatic heterocycles. The topological polar surface area (TPSA) is 15.3 Å². The van der Waals surface area contributed by atoms with Gasteiger partial charge in [-0.15, -0.1) is 11.3 Å². The van der Waals surface area contributed by atoms with Gasteiger partial charge in [-0.05, 0) is 44.4 Å². The van der Waals surface area contributed by atoms with Gasteiger partial charge in [0.2, 0.25) is 0 Å². The van der Waals surface area contributed by atoms with Gasteiger partial charge in [-0.1, -0.05) is 13.8 Å². The lowest BCUT2D eigenvalue weighted by Gasteiger charge is -2.22. The minimum atomic E-state index is 0.456. The number of thiophene rings is 1. The fraction of sp³-hybridized carbons (Fsp3) is 0.765. The molecule has 3 rings (SSSR count). The SMILES string of the molecule is Cc1sc(CNC2CC2)cc1CN1CCSC(C)(C)CC1. The summed E-state index contributed by atoms with van der Waals surface area (Å²) >= 11 is 4.12. The predicted octanol–water partition coefficient (Wildman–Crippen LogP) is 4.03. The highest BCUT2D eigenvalue weighted by molar-refractivity contribution is 8.00. The first-order valence-corrected chi connectivity index (χ1v) is 10.00. The zero-order chi connectivity index (χ0) is 14.9. The number of hydrogen-bond acceptors (Lipinski definition) is 4. The van der Waals surface area contributed by atoms with Crippen LogP contribution >= 0.6 is 23.1 Å². The molecule has 2 fully saturated rings. The molecular weight excluding hydrogens is 296 g/mol. The summed E-state index contributed by atoms with van der Waals surface area (Å²) < 4.78 is 0.456. The van der Waals surface area contributed by atoms with E-state index in [0.29, 0.717) is 4.75 Å². The zero-order valence-corrected chi connectivity index (χ0v) is 15.2. The Balaban J connectivity index is 1.56. The molecule has 0 amide bonds. The van der Waals surface area contributed by atoms with Crippen molar-refractivity contribution < 1.29 is 0 Å². The van der Waals surface area contributed by atoms with Crippen molar-refractivity contribution in [3.05, 3.63) is 21.4 Å². The van der Waals surface area contributed by atoms with Crippen LogP contribution in [0.15, 0.2) is 6.07 Å². The van der Waals surface area contributed by atoms with Crippen molar-refractivity contribution in [3.63, 3.8) is 0 Å². The average Bonchev–Trinajstić information content (AvgIpc) is 3.20. The Morgan fingerprint density at radius 2 is 2.14 bits per heavy atom. The van der Waals surface area contributed by atoms with Crippen LogP contribution in [0.25, 0.3) is 0 Å². The van der Waals surface area contributed by atoms with Gasteiger partial charge in [-0.25, -0.2) is 0 Å². The van der Waals surface area contributed by atoms with Crippen LogP contribution in [-0.2, 0) is 13.1 Å². The molecule has 0 radical (unpaired) electrons. The van der Waals surface area contributed by atoms with E-state index in [1.165, 1.54) is 47.9 Å². The maximum atomic E-state index is 3.63. The predicted molar refractivity (Wildman–Crippen MR) is 95.3 cm³/mol. The first-order valence-electron chi connectivity index (χ1n) is 8.20. The Bertz CT molecular complexity index is 477. The van der Waals surface area contributed by atoms with E-state index < -0.39 is 0 Å². The standard InChI is InChI=1S/C17H28N2S2/c1-13-14(10-16(21-13)11-18-15-4-5-15)12-19-7-6-17(2,3)20-9-8-19/h10,15,18H,4-9,11-12H2,1-3H3. The normalized spacial score (nSPS) is 23.2. The van der Waals surface area contributed by atoms with Gasteiger partial charge in [0.25, 0.3) is 0 Å². The van der Waals surface area contributed by atoms with E-state index in [-0.39, 0.29) is 0 Å². The molecule has 4 heteroatoms. The van der Waals surface area contributed by atoms with E-state index in [2.05, 4.69) is 48.8 Å². The highest BCUT2D eigenvalue weighted by atomic mass is 32.2. The summed E-state index contributed by atoms with van der Waals surface area (Å²) in [5.74, 6) is 1.27. The van der Waals surface area contributed by atoms with Gasteiger partial charge in [0.05, 0.1) is 0 Å². The van der Waals surface area contributed by atoms with E-state index in [4.69, 9.17) is 0 Å². The molecule has 1 aromatic rings. The minimum absolute atomic E-state index is 0.456. The Morgan fingerprint density at radius 3 is 2.90 bits per heavy atom. The van der Waals surface area contributed by atoms with Crippen molar-refractivity contribution in [1.82, 2.24) is 10.2 Å². The Labute approximate surface area is 137 Å². The molecule has 2 aliphatic rings. The largest absolute Gasteiger partial charge is 0.309 e. The summed E-state index contributed by atoms with van der Waals surface area (Å²) in [6, 6.07) is 3.25. The highest BCUT2D eigenvalue weighted by Gasteiger charge is 2.24. The van der Waals surface area contributed by atoms with Crippen LogP contribution in [0.4, 0.5) is 0 Å². The van der Waals surface area contributed by atoms with E-state index in [1.807, 2.05) is 11.3 Å². The second kappa shape index (κ2) is 6.61. The molecule has 1 saturated heterocycles. The fourth-order valence-electron chi connectivity index (χ4n) is 2.83. The third-order valence-corrected chi connectivity index (χ3v) is 7.00. The van der Waals surface area contributed by atoms with Crippen LogP contribution < -0.4 is 5.32 Å². The van der Waals surface area contributed by atoms with Crippen LogP contribution in [0.2, 0.25) is 0 Å². The molecule has 1 N–H and O–H groups in total. The second-order valence-corrected chi connectivity index (χ2v) is 10.2. The second-order valence-electron chi connectivity index (χ2n) is 7.08. The van der Waals surface area contributed by atoms with Gasteiger partial charge in [0, 0.05) is 45.9 Å². The Hall–Kier alpha value is -0.0300. The average molecular weight is 325 g/mol. The van der Waals surface area contributed by atoms with Gasteiger partial charge in [0.15, 0.2) is 0 Å². The number of thioether (sulfide) groups is 1. The van der Waals surface area contributed by atoms with Crippen molar-refractivity contribution in [1.29, 1.82) is 0 Å². The lowest BCUT2D eigenvalue weighted by molar-refractivity contribution is 0.276. The molecule has 0 unspecified atom stereocenters. The first kappa shape index (κ1) is 15.9. The van der Waals surface area contributed by atoms with E-state index in [1.54, 1.807) is 5.56 Å². The van der Waals surface area contributed by atoms with Crippen molar-refractivity contribution in [2.45, 2.75) is 63.9 Å². The van der Waals surface area contributed by atoms with Crippen molar-refractivity contribution in [3.8, 4) is 0 Å². The maximum absolute atomic E-state index is 3.63. The van der Waals surface area contributed by atoms with E-state index in [0.717, 1.165) is 19.1 Å².